The average molecular weight is 192 g/mol. The Kier molecular flexibility index (Phi) is 2.35. The minimum absolute atomic E-state index is 0.170. The van der Waals surface area contributed by atoms with E-state index in [1.54, 1.807) is 6.20 Å². The van der Waals surface area contributed by atoms with Crippen molar-refractivity contribution in [2.45, 2.75) is 18.9 Å². The molecular weight excluding hydrogens is 180 g/mol. The number of carboxylic acid groups (broad SMARTS) is 1. The van der Waals surface area contributed by atoms with Gasteiger partial charge in [-0.1, -0.05) is 6.07 Å². The van der Waals surface area contributed by atoms with Crippen LogP contribution in [0.2, 0.25) is 0 Å². The number of hydrogen-bond acceptors (Lipinski definition) is 3. The van der Waals surface area contributed by atoms with Crippen LogP contribution in [0.5, 0.6) is 0 Å². The van der Waals surface area contributed by atoms with Gasteiger partial charge in [-0.15, -0.1) is 0 Å². The van der Waals surface area contributed by atoms with Gasteiger partial charge in [-0.25, -0.2) is 4.98 Å². The summed E-state index contributed by atoms with van der Waals surface area (Å²) in [6.45, 7) is 0. The maximum absolute atomic E-state index is 10.5. The van der Waals surface area contributed by atoms with Gasteiger partial charge in [-0.3, -0.25) is 4.79 Å². The van der Waals surface area contributed by atoms with E-state index in [2.05, 4.69) is 10.3 Å². The molecule has 0 aliphatic heterocycles. The number of anilines is 1. The van der Waals surface area contributed by atoms with Gasteiger partial charge in [0.25, 0.3) is 0 Å². The van der Waals surface area contributed by atoms with Crippen molar-refractivity contribution in [3.05, 3.63) is 24.4 Å². The molecule has 0 atom stereocenters. The molecule has 0 bridgehead atoms. The molecule has 0 unspecified atom stereocenters. The maximum Gasteiger partial charge on any atom is 0.306 e. The molecule has 2 N–H and O–H groups in total. The first-order valence-corrected chi connectivity index (χ1v) is 4.66. The highest BCUT2D eigenvalue weighted by Crippen LogP contribution is 2.29. The number of pyridine rings is 1. The van der Waals surface area contributed by atoms with E-state index in [9.17, 15) is 4.79 Å². The monoisotopic (exact) mass is 192 g/mol. The number of aromatic nitrogens is 1. The van der Waals surface area contributed by atoms with Crippen molar-refractivity contribution in [3.63, 3.8) is 0 Å². The predicted molar refractivity (Wildman–Crippen MR) is 52.0 cm³/mol. The molecule has 0 radical (unpaired) electrons. The molecule has 4 nitrogen and oxygen atoms in total. The zero-order chi connectivity index (χ0) is 9.97. The Bertz CT molecular complexity index is 320. The molecule has 4 heteroatoms. The Morgan fingerprint density at radius 3 is 2.86 bits per heavy atom. The highest BCUT2D eigenvalue weighted by atomic mass is 16.4. The van der Waals surface area contributed by atoms with Crippen molar-refractivity contribution in [3.8, 4) is 0 Å². The summed E-state index contributed by atoms with van der Waals surface area (Å²) in [5, 5.41) is 11.9. The molecule has 0 aromatic carbocycles. The number of rotatable bonds is 3. The second-order valence-corrected chi connectivity index (χ2v) is 3.56. The summed E-state index contributed by atoms with van der Waals surface area (Å²) in [6, 6.07) is 5.91. The molecule has 14 heavy (non-hydrogen) atoms. The zero-order valence-electron chi connectivity index (χ0n) is 7.68. The topological polar surface area (TPSA) is 62.2 Å². The summed E-state index contributed by atoms with van der Waals surface area (Å²) in [4.78, 5) is 14.6. The fourth-order valence-electron chi connectivity index (χ4n) is 1.59. The molecule has 74 valence electrons. The van der Waals surface area contributed by atoms with E-state index in [1.165, 1.54) is 0 Å². The van der Waals surface area contributed by atoms with Crippen molar-refractivity contribution < 1.29 is 9.90 Å². The summed E-state index contributed by atoms with van der Waals surface area (Å²) in [5.41, 5.74) is 0. The van der Waals surface area contributed by atoms with E-state index < -0.39 is 5.97 Å². The van der Waals surface area contributed by atoms with Gasteiger partial charge in [-0.05, 0) is 25.0 Å². The highest BCUT2D eigenvalue weighted by Gasteiger charge is 2.34. The molecule has 2 rings (SSSR count). The van der Waals surface area contributed by atoms with Crippen LogP contribution in [0.15, 0.2) is 24.4 Å². The minimum atomic E-state index is -0.691. The third kappa shape index (κ3) is 1.84. The Labute approximate surface area is 82.0 Å². The third-order valence-electron chi connectivity index (χ3n) is 2.50. The second kappa shape index (κ2) is 3.65. The van der Waals surface area contributed by atoms with Gasteiger partial charge in [0.15, 0.2) is 0 Å². The fraction of sp³-hybridized carbons (Fsp3) is 0.400. The lowest BCUT2D eigenvalue weighted by Crippen LogP contribution is -2.39. The molecule has 1 heterocycles. The number of carbonyl (C=O) groups is 1. The standard InChI is InChI=1S/C10H12N2O2/c13-10(14)7-5-8(6-7)12-9-3-1-2-4-11-9/h1-4,7-8H,5-6H2,(H,11,12)(H,13,14)/t7-,8+. The number of hydrogen-bond donors (Lipinski definition) is 2. The average Bonchev–Trinajstić information content (AvgIpc) is 2.12. The van der Waals surface area contributed by atoms with Crippen molar-refractivity contribution in [1.82, 2.24) is 4.98 Å². The van der Waals surface area contributed by atoms with Gasteiger partial charge in [0.2, 0.25) is 0 Å². The van der Waals surface area contributed by atoms with Crippen LogP contribution in [0.3, 0.4) is 0 Å². The molecule has 0 saturated heterocycles. The van der Waals surface area contributed by atoms with Crippen molar-refractivity contribution in [2.24, 2.45) is 5.92 Å². The van der Waals surface area contributed by atoms with Gasteiger partial charge in [0.05, 0.1) is 5.92 Å². The summed E-state index contributed by atoms with van der Waals surface area (Å²) >= 11 is 0. The van der Waals surface area contributed by atoms with Crippen molar-refractivity contribution >= 4 is 11.8 Å². The molecule has 1 aromatic rings. The molecule has 1 aromatic heterocycles. The van der Waals surface area contributed by atoms with Crippen LogP contribution < -0.4 is 5.32 Å². The van der Waals surface area contributed by atoms with E-state index in [0.717, 1.165) is 5.82 Å². The van der Waals surface area contributed by atoms with Crippen LogP contribution in [0.25, 0.3) is 0 Å². The normalized spacial score (nSPS) is 25.1. The first-order valence-electron chi connectivity index (χ1n) is 4.66. The first kappa shape index (κ1) is 8.99. The molecule has 1 saturated carbocycles. The molecule has 1 aliphatic carbocycles. The predicted octanol–water partition coefficient (Wildman–Crippen LogP) is 1.36. The van der Waals surface area contributed by atoms with Crippen LogP contribution in [0, 0.1) is 5.92 Å². The Hall–Kier alpha value is -1.58. The minimum Gasteiger partial charge on any atom is -0.481 e. The third-order valence-corrected chi connectivity index (χ3v) is 2.50. The molecule has 1 fully saturated rings. The summed E-state index contributed by atoms with van der Waals surface area (Å²) < 4.78 is 0. The van der Waals surface area contributed by atoms with Gasteiger partial charge in [-0.2, -0.15) is 0 Å². The zero-order valence-corrected chi connectivity index (χ0v) is 7.68. The van der Waals surface area contributed by atoms with Gasteiger partial charge in [0.1, 0.15) is 5.82 Å². The van der Waals surface area contributed by atoms with Crippen LogP contribution in [0.1, 0.15) is 12.8 Å². The van der Waals surface area contributed by atoms with Crippen molar-refractivity contribution in [2.75, 3.05) is 5.32 Å². The van der Waals surface area contributed by atoms with Gasteiger partial charge in [0, 0.05) is 12.2 Å². The lowest BCUT2D eigenvalue weighted by Gasteiger charge is -2.33. The Morgan fingerprint density at radius 2 is 2.29 bits per heavy atom. The van der Waals surface area contributed by atoms with Crippen LogP contribution in [-0.2, 0) is 4.79 Å². The SMILES string of the molecule is O=C(O)[C@H]1C[C@@H](Nc2ccccn2)C1. The number of nitrogens with one attached hydrogen (secondary N) is 1. The van der Waals surface area contributed by atoms with Gasteiger partial charge < -0.3 is 10.4 Å². The fourth-order valence-corrected chi connectivity index (χ4v) is 1.59. The number of carboxylic acids is 1. The van der Waals surface area contributed by atoms with E-state index >= 15 is 0 Å². The quantitative estimate of drug-likeness (QED) is 0.759. The van der Waals surface area contributed by atoms with E-state index in [-0.39, 0.29) is 12.0 Å². The van der Waals surface area contributed by atoms with Crippen molar-refractivity contribution in [1.29, 1.82) is 0 Å². The maximum atomic E-state index is 10.5. The number of nitrogens with zero attached hydrogens (tertiary/aromatic N) is 1. The lowest BCUT2D eigenvalue weighted by atomic mass is 9.80. The smallest absolute Gasteiger partial charge is 0.306 e. The van der Waals surface area contributed by atoms with Gasteiger partial charge >= 0.3 is 5.97 Å². The van der Waals surface area contributed by atoms with Crippen LogP contribution in [0.4, 0.5) is 5.82 Å². The Morgan fingerprint density at radius 1 is 1.50 bits per heavy atom. The van der Waals surface area contributed by atoms with Crippen LogP contribution in [-0.4, -0.2) is 22.1 Å². The molecular formula is C10H12N2O2. The lowest BCUT2D eigenvalue weighted by molar-refractivity contribution is -0.144. The molecule has 1 aliphatic rings. The van der Waals surface area contributed by atoms with Crippen LogP contribution >= 0.6 is 0 Å². The summed E-state index contributed by atoms with van der Waals surface area (Å²) in [7, 11) is 0. The first-order chi connectivity index (χ1) is 6.75. The van der Waals surface area contributed by atoms with E-state index in [0.29, 0.717) is 12.8 Å². The summed E-state index contributed by atoms with van der Waals surface area (Å²) in [5.74, 6) is -0.0402. The molecule has 0 spiro atoms. The summed E-state index contributed by atoms with van der Waals surface area (Å²) in [6.07, 6.45) is 3.12. The largest absolute Gasteiger partial charge is 0.481 e. The van der Waals surface area contributed by atoms with E-state index in [1.807, 2.05) is 18.2 Å². The number of aliphatic carboxylic acids is 1. The van der Waals surface area contributed by atoms with E-state index in [4.69, 9.17) is 5.11 Å². The highest BCUT2D eigenvalue weighted by molar-refractivity contribution is 5.71. The Balaban J connectivity index is 1.82. The second-order valence-electron chi connectivity index (χ2n) is 3.56. The molecule has 0 amide bonds.